The van der Waals surface area contributed by atoms with Gasteiger partial charge in [0, 0.05) is 44.6 Å². The fourth-order valence-corrected chi connectivity index (χ4v) is 2.48. The number of nitrogens with zero attached hydrogens (tertiary/aromatic N) is 6. The van der Waals surface area contributed by atoms with Gasteiger partial charge in [0.1, 0.15) is 6.07 Å². The number of anilines is 2. The maximum absolute atomic E-state index is 9.19. The molecular weight excluding hydrogens is 280 g/mol. The van der Waals surface area contributed by atoms with Crippen LogP contribution in [0, 0.1) is 11.3 Å². The van der Waals surface area contributed by atoms with Crippen LogP contribution in [0.5, 0.6) is 5.88 Å². The Labute approximate surface area is 128 Å². The number of nitriles is 1. The van der Waals surface area contributed by atoms with Gasteiger partial charge in [0.25, 0.3) is 0 Å². The first-order valence-electron chi connectivity index (χ1n) is 7.03. The highest BCUT2D eigenvalue weighted by Crippen LogP contribution is 2.21. The largest absolute Gasteiger partial charge is 0.481 e. The molecule has 7 nitrogen and oxygen atoms in total. The SMILES string of the molecule is COc1ccnc(N2CCN(c3cnccc3C#N)CC2)n1. The lowest BCUT2D eigenvalue weighted by atomic mass is 10.2. The van der Waals surface area contributed by atoms with E-state index in [0.717, 1.165) is 31.9 Å². The number of aromatic nitrogens is 3. The van der Waals surface area contributed by atoms with Gasteiger partial charge in [0.2, 0.25) is 11.8 Å². The highest BCUT2D eigenvalue weighted by Gasteiger charge is 2.21. The third kappa shape index (κ3) is 2.76. The van der Waals surface area contributed by atoms with E-state index in [0.29, 0.717) is 17.4 Å². The fourth-order valence-electron chi connectivity index (χ4n) is 2.48. The summed E-state index contributed by atoms with van der Waals surface area (Å²) in [7, 11) is 1.59. The van der Waals surface area contributed by atoms with Crippen molar-refractivity contribution in [3.05, 3.63) is 36.3 Å². The summed E-state index contributed by atoms with van der Waals surface area (Å²) in [5.74, 6) is 1.23. The number of rotatable bonds is 3. The summed E-state index contributed by atoms with van der Waals surface area (Å²) >= 11 is 0. The maximum atomic E-state index is 9.19. The van der Waals surface area contributed by atoms with Gasteiger partial charge in [-0.05, 0) is 6.07 Å². The Kier molecular flexibility index (Phi) is 4.01. The van der Waals surface area contributed by atoms with Crippen LogP contribution in [0.3, 0.4) is 0 Å². The monoisotopic (exact) mass is 296 g/mol. The van der Waals surface area contributed by atoms with Gasteiger partial charge in [0.05, 0.1) is 24.6 Å². The van der Waals surface area contributed by atoms with E-state index in [1.165, 1.54) is 0 Å². The standard InChI is InChI=1S/C15H16N6O/c1-22-14-3-5-18-15(19-14)21-8-6-20(7-9-21)13-11-17-4-2-12(13)10-16/h2-5,11H,6-9H2,1H3. The second kappa shape index (κ2) is 6.26. The Morgan fingerprint density at radius 2 is 1.91 bits per heavy atom. The summed E-state index contributed by atoms with van der Waals surface area (Å²) in [5.41, 5.74) is 1.54. The van der Waals surface area contributed by atoms with E-state index in [9.17, 15) is 5.26 Å². The van der Waals surface area contributed by atoms with Crippen molar-refractivity contribution >= 4 is 11.6 Å². The predicted molar refractivity (Wildman–Crippen MR) is 82.0 cm³/mol. The van der Waals surface area contributed by atoms with Gasteiger partial charge in [-0.15, -0.1) is 0 Å². The molecule has 0 unspecified atom stereocenters. The van der Waals surface area contributed by atoms with E-state index >= 15 is 0 Å². The topological polar surface area (TPSA) is 78.2 Å². The van der Waals surface area contributed by atoms with E-state index < -0.39 is 0 Å². The second-order valence-electron chi connectivity index (χ2n) is 4.88. The minimum absolute atomic E-state index is 0.562. The molecule has 0 spiro atoms. The fraction of sp³-hybridized carbons (Fsp3) is 0.333. The van der Waals surface area contributed by atoms with Crippen molar-refractivity contribution in [2.75, 3.05) is 43.1 Å². The number of piperazine rings is 1. The van der Waals surface area contributed by atoms with Gasteiger partial charge < -0.3 is 14.5 Å². The molecule has 0 saturated carbocycles. The van der Waals surface area contributed by atoms with Crippen molar-refractivity contribution in [1.29, 1.82) is 5.26 Å². The van der Waals surface area contributed by atoms with Crippen LogP contribution in [0.4, 0.5) is 11.6 Å². The Hall–Kier alpha value is -2.88. The highest BCUT2D eigenvalue weighted by molar-refractivity contribution is 5.58. The zero-order valence-electron chi connectivity index (χ0n) is 12.3. The lowest BCUT2D eigenvalue weighted by molar-refractivity contribution is 0.396. The molecule has 0 N–H and O–H groups in total. The van der Waals surface area contributed by atoms with Gasteiger partial charge in [0.15, 0.2) is 0 Å². The van der Waals surface area contributed by atoms with Gasteiger partial charge >= 0.3 is 0 Å². The van der Waals surface area contributed by atoms with Crippen LogP contribution in [0.2, 0.25) is 0 Å². The zero-order chi connectivity index (χ0) is 15.4. The van der Waals surface area contributed by atoms with Crippen molar-refractivity contribution in [1.82, 2.24) is 15.0 Å². The van der Waals surface area contributed by atoms with Crippen LogP contribution < -0.4 is 14.5 Å². The highest BCUT2D eigenvalue weighted by atomic mass is 16.5. The first-order chi connectivity index (χ1) is 10.8. The van der Waals surface area contributed by atoms with Crippen LogP contribution in [-0.4, -0.2) is 48.2 Å². The van der Waals surface area contributed by atoms with Crippen molar-refractivity contribution < 1.29 is 4.74 Å². The lowest BCUT2D eigenvalue weighted by Gasteiger charge is -2.36. The van der Waals surface area contributed by atoms with Gasteiger partial charge in [-0.3, -0.25) is 4.98 Å². The Morgan fingerprint density at radius 1 is 1.14 bits per heavy atom. The summed E-state index contributed by atoms with van der Waals surface area (Å²) < 4.78 is 5.13. The van der Waals surface area contributed by atoms with Gasteiger partial charge in [-0.25, -0.2) is 4.98 Å². The number of ether oxygens (including phenoxy) is 1. The minimum atomic E-state index is 0.562. The molecule has 0 atom stereocenters. The molecule has 0 radical (unpaired) electrons. The van der Waals surface area contributed by atoms with Gasteiger partial charge in [-0.2, -0.15) is 10.2 Å². The molecule has 0 bridgehead atoms. The Bertz CT molecular complexity index is 690. The Balaban J connectivity index is 1.71. The molecule has 7 heteroatoms. The molecule has 0 amide bonds. The smallest absolute Gasteiger partial charge is 0.228 e. The summed E-state index contributed by atoms with van der Waals surface area (Å²) in [5, 5.41) is 9.19. The molecule has 1 fully saturated rings. The second-order valence-corrected chi connectivity index (χ2v) is 4.88. The average Bonchev–Trinajstić information content (AvgIpc) is 2.62. The zero-order valence-corrected chi connectivity index (χ0v) is 12.3. The molecular formula is C15H16N6O. The maximum Gasteiger partial charge on any atom is 0.228 e. The van der Waals surface area contributed by atoms with Crippen LogP contribution in [0.25, 0.3) is 0 Å². The third-order valence-electron chi connectivity index (χ3n) is 3.65. The van der Waals surface area contributed by atoms with E-state index in [1.54, 1.807) is 37.8 Å². The number of hydrogen-bond acceptors (Lipinski definition) is 7. The van der Waals surface area contributed by atoms with Crippen LogP contribution >= 0.6 is 0 Å². The molecule has 0 aromatic carbocycles. The number of methoxy groups -OCH3 is 1. The summed E-state index contributed by atoms with van der Waals surface area (Å²) in [6, 6.07) is 5.69. The molecule has 112 valence electrons. The predicted octanol–water partition coefficient (Wildman–Crippen LogP) is 1.08. The first-order valence-corrected chi connectivity index (χ1v) is 7.03. The normalized spacial score (nSPS) is 14.5. The molecule has 3 rings (SSSR count). The van der Waals surface area contributed by atoms with E-state index in [-0.39, 0.29) is 0 Å². The van der Waals surface area contributed by atoms with E-state index in [4.69, 9.17) is 4.74 Å². The third-order valence-corrected chi connectivity index (χ3v) is 3.65. The van der Waals surface area contributed by atoms with Crippen molar-refractivity contribution in [3.63, 3.8) is 0 Å². The van der Waals surface area contributed by atoms with Crippen molar-refractivity contribution in [2.24, 2.45) is 0 Å². The molecule has 2 aromatic rings. The molecule has 1 saturated heterocycles. The molecule has 1 aliphatic heterocycles. The molecule has 3 heterocycles. The van der Waals surface area contributed by atoms with E-state index in [1.807, 2.05) is 0 Å². The summed E-state index contributed by atoms with van der Waals surface area (Å²) in [6.45, 7) is 3.15. The number of hydrogen-bond donors (Lipinski definition) is 0. The van der Waals surface area contributed by atoms with Crippen LogP contribution in [0.15, 0.2) is 30.7 Å². The van der Waals surface area contributed by atoms with Crippen molar-refractivity contribution in [3.8, 4) is 11.9 Å². The summed E-state index contributed by atoms with van der Waals surface area (Å²) in [6.07, 6.45) is 5.08. The van der Waals surface area contributed by atoms with Gasteiger partial charge in [-0.1, -0.05) is 0 Å². The van der Waals surface area contributed by atoms with Crippen LogP contribution in [-0.2, 0) is 0 Å². The quantitative estimate of drug-likeness (QED) is 0.838. The molecule has 1 aliphatic rings. The minimum Gasteiger partial charge on any atom is -0.481 e. The number of pyridine rings is 1. The van der Waals surface area contributed by atoms with Crippen molar-refractivity contribution in [2.45, 2.75) is 0 Å². The molecule has 22 heavy (non-hydrogen) atoms. The lowest BCUT2D eigenvalue weighted by Crippen LogP contribution is -2.47. The average molecular weight is 296 g/mol. The van der Waals surface area contributed by atoms with E-state index in [2.05, 4.69) is 30.8 Å². The molecule has 0 aliphatic carbocycles. The molecule has 2 aromatic heterocycles. The van der Waals surface area contributed by atoms with Crippen LogP contribution in [0.1, 0.15) is 5.56 Å². The Morgan fingerprint density at radius 3 is 2.64 bits per heavy atom. The summed E-state index contributed by atoms with van der Waals surface area (Å²) in [4.78, 5) is 17.1. The first kappa shape index (κ1) is 14.1.